The minimum Gasteiger partial charge on any atom is -0.497 e. The largest absolute Gasteiger partial charge is 0.497 e. The summed E-state index contributed by atoms with van der Waals surface area (Å²) in [5.74, 6) is 2.02. The summed E-state index contributed by atoms with van der Waals surface area (Å²) in [6.07, 6.45) is 13.2. The van der Waals surface area contributed by atoms with Crippen molar-refractivity contribution in [1.82, 2.24) is 0 Å². The number of carbonyl (C=O) groups is 1. The maximum atomic E-state index is 12.4. The highest BCUT2D eigenvalue weighted by atomic mass is 16.5. The highest BCUT2D eigenvalue weighted by Crippen LogP contribution is 2.38. The fraction of sp³-hybridized carbons (Fsp3) is 0.577. The SMILES string of the molecule is CCCC(C)COC(=O)C1CC=C(C2=CCC(c3ccc(OC)cc3)CC2)CC1. The van der Waals surface area contributed by atoms with Crippen LogP contribution in [0, 0.1) is 11.8 Å². The number of allylic oxidation sites excluding steroid dienone is 4. The number of rotatable bonds is 8. The molecule has 3 nitrogen and oxygen atoms in total. The van der Waals surface area contributed by atoms with Crippen LogP contribution >= 0.6 is 0 Å². The van der Waals surface area contributed by atoms with E-state index in [1.54, 1.807) is 7.11 Å². The van der Waals surface area contributed by atoms with Gasteiger partial charge >= 0.3 is 5.97 Å². The zero-order valence-corrected chi connectivity index (χ0v) is 18.3. The van der Waals surface area contributed by atoms with Gasteiger partial charge in [-0.3, -0.25) is 4.79 Å². The summed E-state index contributed by atoms with van der Waals surface area (Å²) in [5, 5.41) is 0. The highest BCUT2D eigenvalue weighted by molar-refractivity contribution is 5.73. The van der Waals surface area contributed by atoms with Gasteiger partial charge in [0.2, 0.25) is 0 Å². The van der Waals surface area contributed by atoms with Gasteiger partial charge in [0, 0.05) is 0 Å². The lowest BCUT2D eigenvalue weighted by atomic mass is 9.79. The fourth-order valence-electron chi connectivity index (χ4n) is 4.56. The molecular formula is C26H36O3. The maximum Gasteiger partial charge on any atom is 0.309 e. The van der Waals surface area contributed by atoms with Gasteiger partial charge in [0.1, 0.15) is 5.75 Å². The van der Waals surface area contributed by atoms with E-state index < -0.39 is 0 Å². The van der Waals surface area contributed by atoms with Gasteiger partial charge in [-0.2, -0.15) is 0 Å². The Kier molecular flexibility index (Phi) is 7.97. The molecule has 0 spiro atoms. The number of hydrogen-bond acceptors (Lipinski definition) is 3. The Bertz CT molecular complexity index is 729. The molecule has 3 heteroatoms. The molecule has 3 unspecified atom stereocenters. The second-order valence-electron chi connectivity index (χ2n) is 8.70. The molecule has 2 aliphatic carbocycles. The summed E-state index contributed by atoms with van der Waals surface area (Å²) < 4.78 is 10.8. The van der Waals surface area contributed by atoms with E-state index in [1.807, 2.05) is 0 Å². The minimum atomic E-state index is 0.000414. The third-order valence-electron chi connectivity index (χ3n) is 6.45. The van der Waals surface area contributed by atoms with Gasteiger partial charge in [0.05, 0.1) is 19.6 Å². The summed E-state index contributed by atoms with van der Waals surface area (Å²) in [4.78, 5) is 12.4. The van der Waals surface area contributed by atoms with E-state index in [-0.39, 0.29) is 11.9 Å². The van der Waals surface area contributed by atoms with Crippen LogP contribution in [-0.4, -0.2) is 19.7 Å². The minimum absolute atomic E-state index is 0.000414. The van der Waals surface area contributed by atoms with Crippen molar-refractivity contribution in [2.75, 3.05) is 13.7 Å². The van der Waals surface area contributed by atoms with Gasteiger partial charge in [-0.1, -0.05) is 44.6 Å². The fourth-order valence-corrected chi connectivity index (χ4v) is 4.56. The molecule has 0 bridgehead atoms. The zero-order chi connectivity index (χ0) is 20.6. The molecule has 0 radical (unpaired) electrons. The Labute approximate surface area is 176 Å². The van der Waals surface area contributed by atoms with Gasteiger partial charge in [-0.05, 0) is 85.6 Å². The van der Waals surface area contributed by atoms with Crippen molar-refractivity contribution in [3.05, 3.63) is 53.1 Å². The normalized spacial score (nSPS) is 23.0. The Morgan fingerprint density at radius 2 is 1.76 bits per heavy atom. The average Bonchev–Trinajstić information content (AvgIpc) is 2.78. The van der Waals surface area contributed by atoms with Gasteiger partial charge in [0.15, 0.2) is 0 Å². The van der Waals surface area contributed by atoms with E-state index in [2.05, 4.69) is 50.3 Å². The maximum absolute atomic E-state index is 12.4. The lowest BCUT2D eigenvalue weighted by Gasteiger charge is -2.27. The summed E-state index contributed by atoms with van der Waals surface area (Å²) in [6, 6.07) is 8.50. The number of ether oxygens (including phenoxy) is 2. The van der Waals surface area contributed by atoms with Crippen LogP contribution in [0.5, 0.6) is 5.75 Å². The van der Waals surface area contributed by atoms with E-state index in [0.29, 0.717) is 18.4 Å². The van der Waals surface area contributed by atoms with Gasteiger partial charge in [-0.15, -0.1) is 0 Å². The molecule has 2 aliphatic rings. The number of esters is 1. The first-order valence-electron chi connectivity index (χ1n) is 11.3. The Balaban J connectivity index is 1.49. The predicted octanol–water partition coefficient (Wildman–Crippen LogP) is 6.60. The molecule has 0 saturated heterocycles. The molecular weight excluding hydrogens is 360 g/mol. The van der Waals surface area contributed by atoms with Crippen LogP contribution in [0.3, 0.4) is 0 Å². The third-order valence-corrected chi connectivity index (χ3v) is 6.45. The second kappa shape index (κ2) is 10.7. The molecule has 1 aromatic carbocycles. The number of hydrogen-bond donors (Lipinski definition) is 0. The smallest absolute Gasteiger partial charge is 0.309 e. The standard InChI is InChI=1S/C26H36O3/c1-4-5-19(2)18-29-26(27)24-12-10-22(11-13-24)20-6-8-21(9-7-20)23-14-16-25(28-3)17-15-23/h6,10,14-17,19,21,24H,4-5,7-9,11-13,18H2,1-3H3. The van der Waals surface area contributed by atoms with E-state index in [1.165, 1.54) is 23.1 Å². The number of benzene rings is 1. The molecule has 1 aromatic rings. The topological polar surface area (TPSA) is 35.5 Å². The van der Waals surface area contributed by atoms with Crippen LogP contribution in [0.2, 0.25) is 0 Å². The van der Waals surface area contributed by atoms with Crippen molar-refractivity contribution in [1.29, 1.82) is 0 Å². The summed E-state index contributed by atoms with van der Waals surface area (Å²) in [5.41, 5.74) is 4.36. The molecule has 0 aromatic heterocycles. The Hall–Kier alpha value is -2.03. The molecule has 3 rings (SSSR count). The summed E-state index contributed by atoms with van der Waals surface area (Å²) in [6.45, 7) is 4.90. The van der Waals surface area contributed by atoms with Crippen LogP contribution < -0.4 is 4.74 Å². The van der Waals surface area contributed by atoms with Gasteiger partial charge in [0.25, 0.3) is 0 Å². The molecule has 0 fully saturated rings. The van der Waals surface area contributed by atoms with Gasteiger partial charge < -0.3 is 9.47 Å². The predicted molar refractivity (Wildman–Crippen MR) is 118 cm³/mol. The monoisotopic (exact) mass is 396 g/mol. The van der Waals surface area contributed by atoms with Crippen molar-refractivity contribution in [3.8, 4) is 5.75 Å². The van der Waals surface area contributed by atoms with E-state index >= 15 is 0 Å². The lowest BCUT2D eigenvalue weighted by molar-refractivity contribution is -0.150. The first-order valence-corrected chi connectivity index (χ1v) is 11.3. The zero-order valence-electron chi connectivity index (χ0n) is 18.3. The Morgan fingerprint density at radius 1 is 1.07 bits per heavy atom. The van der Waals surface area contributed by atoms with E-state index in [9.17, 15) is 4.79 Å². The molecule has 0 saturated carbocycles. The molecule has 158 valence electrons. The quantitative estimate of drug-likeness (QED) is 0.465. The summed E-state index contributed by atoms with van der Waals surface area (Å²) >= 11 is 0. The van der Waals surface area contributed by atoms with Crippen LogP contribution in [0.25, 0.3) is 0 Å². The van der Waals surface area contributed by atoms with Crippen LogP contribution in [0.15, 0.2) is 47.6 Å². The average molecular weight is 397 g/mol. The summed E-state index contributed by atoms with van der Waals surface area (Å²) in [7, 11) is 1.71. The first-order chi connectivity index (χ1) is 14.1. The second-order valence-corrected chi connectivity index (χ2v) is 8.70. The van der Waals surface area contributed by atoms with Crippen molar-refractivity contribution in [2.24, 2.45) is 11.8 Å². The van der Waals surface area contributed by atoms with Crippen molar-refractivity contribution in [2.45, 2.75) is 71.1 Å². The molecule has 3 atom stereocenters. The molecule has 0 aliphatic heterocycles. The third kappa shape index (κ3) is 5.98. The van der Waals surface area contributed by atoms with E-state index in [0.717, 1.165) is 50.7 Å². The van der Waals surface area contributed by atoms with Gasteiger partial charge in [-0.25, -0.2) is 0 Å². The van der Waals surface area contributed by atoms with Crippen LogP contribution in [0.4, 0.5) is 0 Å². The lowest BCUT2D eigenvalue weighted by Crippen LogP contribution is -2.22. The number of methoxy groups -OCH3 is 1. The van der Waals surface area contributed by atoms with E-state index in [4.69, 9.17) is 9.47 Å². The number of carbonyl (C=O) groups excluding carboxylic acids is 1. The van der Waals surface area contributed by atoms with Crippen LogP contribution in [-0.2, 0) is 9.53 Å². The molecule has 29 heavy (non-hydrogen) atoms. The van der Waals surface area contributed by atoms with Crippen molar-refractivity contribution >= 4 is 5.97 Å². The molecule has 0 heterocycles. The van der Waals surface area contributed by atoms with Crippen molar-refractivity contribution < 1.29 is 14.3 Å². The van der Waals surface area contributed by atoms with Crippen molar-refractivity contribution in [3.63, 3.8) is 0 Å². The first kappa shape index (κ1) is 21.7. The highest BCUT2D eigenvalue weighted by Gasteiger charge is 2.26. The van der Waals surface area contributed by atoms with Crippen LogP contribution in [0.1, 0.15) is 76.7 Å². The Morgan fingerprint density at radius 3 is 2.31 bits per heavy atom. The molecule has 0 amide bonds. The molecule has 0 N–H and O–H groups in total.